The molecular weight excluding hydrogens is 1520 g/mol. The molecule has 12 amide bonds. The van der Waals surface area contributed by atoms with Crippen LogP contribution >= 0.6 is 0 Å². The van der Waals surface area contributed by atoms with Crippen molar-refractivity contribution >= 4 is 121 Å². The highest BCUT2D eigenvalue weighted by molar-refractivity contribution is 6.29. The van der Waals surface area contributed by atoms with Crippen molar-refractivity contribution in [3.63, 3.8) is 0 Å². The van der Waals surface area contributed by atoms with Crippen LogP contribution in [0.1, 0.15) is 269 Å². The standard InChI is InChI=1S/C16H13NO2.C14H11NO2.C12H11NO2.C10H8N2O2.C10H9NO2.C10H11NO2.C8H10N2O3.8C2H6/c1-3-5-10-8-9-13-14-11(10)6-4-7-12(14)15(18)17(2)16(13)19;1-8-6-7-11-12-9(8)4-3-5-10(12)13(16)15(2)14(11)17;1-3-4-8-5-6-9-10(7-8)12(15)13(2)11(9)14;1-3-10(11-2)8-4-6-9(7-5-8)12(13)14;1-6-3-4-7-8(5-6)10(13)11(2)9(7)12;1-3-8(2)9-4-6-10(7-5-9)11(12)13;1-4-5-6(11)9(2)8(13)10(3)7(5)12;8*1-2/h3-9H,1-2H3;3-7H,1-2H3;3-7H,1-2H3;3-7H,1H3;3-5H,1-2H3;3-7H,1-2H3;4H,1-3H3;8*1-2H3/b5-3+;;4-3+;10-3-;;8-3+;;;;;;;;;. The third-order valence-electron chi connectivity index (χ3n) is 17.2. The maximum Gasteiger partial charge on any atom is 0.333 e. The van der Waals surface area contributed by atoms with Gasteiger partial charge in [0, 0.05) is 99.6 Å². The topological polar surface area (TPSA) is 298 Å². The van der Waals surface area contributed by atoms with Crippen LogP contribution in [0.15, 0.2) is 182 Å². The van der Waals surface area contributed by atoms with Gasteiger partial charge < -0.3 is 0 Å². The van der Waals surface area contributed by atoms with Gasteiger partial charge in [0.05, 0.1) is 38.7 Å². The molecule has 5 aliphatic heterocycles. The minimum Gasteiger partial charge on any atom is -0.277 e. The monoisotopic (exact) mass is 1640 g/mol. The van der Waals surface area contributed by atoms with E-state index in [0.717, 1.165) is 74.5 Å². The zero-order chi connectivity index (χ0) is 92.9. The largest absolute Gasteiger partial charge is 0.333 e. The Hall–Kier alpha value is -13.6. The number of non-ortho nitro benzene ring substituents is 2. The number of benzene rings is 8. The van der Waals surface area contributed by atoms with Crippen molar-refractivity contribution in [1.29, 1.82) is 0 Å². The summed E-state index contributed by atoms with van der Waals surface area (Å²) >= 11 is 0. The van der Waals surface area contributed by atoms with Crippen molar-refractivity contribution in [1.82, 2.24) is 29.4 Å². The summed E-state index contributed by atoms with van der Waals surface area (Å²) in [6.07, 6.45) is 12.8. The molecule has 640 valence electrons. The molecular formula is C96H121N9O15. The van der Waals surface area contributed by atoms with E-state index >= 15 is 0 Å². The van der Waals surface area contributed by atoms with E-state index in [1.54, 1.807) is 92.7 Å². The number of amides is 12. The summed E-state index contributed by atoms with van der Waals surface area (Å²) in [6.45, 7) is 53.9. The lowest BCUT2D eigenvalue weighted by Crippen LogP contribution is -2.52. The van der Waals surface area contributed by atoms with Crippen molar-refractivity contribution in [2.45, 2.75) is 166 Å². The number of fused-ring (bicyclic) bond motifs is 2. The highest BCUT2D eigenvalue weighted by atomic mass is 16.6. The number of nitro groups is 2. The van der Waals surface area contributed by atoms with Gasteiger partial charge >= 0.3 is 6.03 Å². The van der Waals surface area contributed by atoms with Crippen molar-refractivity contribution in [2.75, 3.05) is 42.3 Å². The first kappa shape index (κ1) is 108. The number of rotatable bonds is 6. The fourth-order valence-electron chi connectivity index (χ4n) is 11.2. The minimum atomic E-state index is -0.597. The van der Waals surface area contributed by atoms with Crippen LogP contribution in [0.3, 0.4) is 0 Å². The summed E-state index contributed by atoms with van der Waals surface area (Å²) in [4.78, 5) is 158. The van der Waals surface area contributed by atoms with Crippen molar-refractivity contribution in [3.05, 3.63) is 291 Å². The number of hydrogen-bond donors (Lipinski definition) is 0. The molecule has 5 aliphatic rings. The van der Waals surface area contributed by atoms with Gasteiger partial charge in [-0.25, -0.2) is 9.64 Å². The van der Waals surface area contributed by atoms with Gasteiger partial charge in [0.1, 0.15) is 5.57 Å². The number of likely N-dealkylation sites (N-methyl/N-ethyl adjacent to an activating group) is 2. The van der Waals surface area contributed by atoms with Crippen LogP contribution < -0.4 is 0 Å². The minimum absolute atomic E-state index is 0.0320. The maximum atomic E-state index is 12.2. The van der Waals surface area contributed by atoms with Crippen LogP contribution in [0.5, 0.6) is 0 Å². The van der Waals surface area contributed by atoms with E-state index in [2.05, 4.69) is 4.85 Å². The van der Waals surface area contributed by atoms with Crippen molar-refractivity contribution in [2.24, 2.45) is 0 Å². The fourth-order valence-corrected chi connectivity index (χ4v) is 11.2. The molecule has 0 saturated carbocycles. The molecule has 0 atom stereocenters. The zero-order valence-electron chi connectivity index (χ0n) is 75.5. The third kappa shape index (κ3) is 26.7. The molecule has 0 N–H and O–H groups in total. The van der Waals surface area contributed by atoms with Crippen LogP contribution in [0.4, 0.5) is 16.2 Å². The Morgan fingerprint density at radius 2 is 0.708 bits per heavy atom. The van der Waals surface area contributed by atoms with Gasteiger partial charge in [-0.3, -0.25) is 97.6 Å². The second-order valence-corrected chi connectivity index (χ2v) is 23.7. The number of urea groups is 1. The number of carbonyl (C=O) groups is 11. The van der Waals surface area contributed by atoms with E-state index in [1.165, 1.54) is 82.4 Å². The average Bonchev–Trinajstić information content (AvgIpc) is 1.19. The van der Waals surface area contributed by atoms with Crippen molar-refractivity contribution in [3.8, 4) is 0 Å². The number of barbiturate groups is 1. The zero-order valence-corrected chi connectivity index (χ0v) is 75.5. The summed E-state index contributed by atoms with van der Waals surface area (Å²) in [5, 5.41) is 24.2. The van der Waals surface area contributed by atoms with Gasteiger partial charge in [-0.15, -0.1) is 0 Å². The summed E-state index contributed by atoms with van der Waals surface area (Å²) in [7, 11) is 8.73. The van der Waals surface area contributed by atoms with E-state index < -0.39 is 27.7 Å². The summed E-state index contributed by atoms with van der Waals surface area (Å²) < 4.78 is 0. The molecule has 0 spiro atoms. The maximum absolute atomic E-state index is 12.2. The second kappa shape index (κ2) is 55.1. The Kier molecular flexibility index (Phi) is 49.8. The highest BCUT2D eigenvalue weighted by Crippen LogP contribution is 2.34. The summed E-state index contributed by atoms with van der Waals surface area (Å²) in [6, 6.07) is 41.1. The molecule has 8 aromatic rings. The second-order valence-electron chi connectivity index (χ2n) is 23.7. The summed E-state index contributed by atoms with van der Waals surface area (Å²) in [5.41, 5.74) is 12.0. The number of nitrogens with zero attached hydrogens (tertiary/aromatic N) is 9. The molecule has 0 aromatic heterocycles. The lowest BCUT2D eigenvalue weighted by molar-refractivity contribution is -0.385. The Balaban J connectivity index is 0. The van der Waals surface area contributed by atoms with Crippen molar-refractivity contribution < 1.29 is 62.6 Å². The first-order valence-electron chi connectivity index (χ1n) is 40.2. The quantitative estimate of drug-likeness (QED) is 0.0373. The molecule has 1 fully saturated rings. The number of allylic oxidation sites excluding steroid dienone is 6. The van der Waals surface area contributed by atoms with E-state index in [-0.39, 0.29) is 64.2 Å². The lowest BCUT2D eigenvalue weighted by Gasteiger charge is -2.28. The molecule has 13 rings (SSSR count). The predicted octanol–water partition coefficient (Wildman–Crippen LogP) is 22.7. The Bertz CT molecular complexity index is 5070. The molecule has 0 bridgehead atoms. The van der Waals surface area contributed by atoms with E-state index in [1.807, 2.05) is 231 Å². The number of hydrogen-bond acceptors (Lipinski definition) is 15. The van der Waals surface area contributed by atoms with Gasteiger partial charge in [-0.2, -0.15) is 0 Å². The van der Waals surface area contributed by atoms with Gasteiger partial charge in [0.25, 0.3) is 70.4 Å². The van der Waals surface area contributed by atoms with E-state index in [0.29, 0.717) is 55.8 Å². The molecule has 120 heavy (non-hydrogen) atoms. The number of imide groups is 6. The van der Waals surface area contributed by atoms with E-state index in [4.69, 9.17) is 6.57 Å². The van der Waals surface area contributed by atoms with E-state index in [9.17, 15) is 73.0 Å². The third-order valence-corrected chi connectivity index (χ3v) is 17.2. The normalized spacial score (nSPS) is 12.8. The molecule has 0 radical (unpaired) electrons. The van der Waals surface area contributed by atoms with Crippen LogP contribution in [0, 0.1) is 40.6 Å². The van der Waals surface area contributed by atoms with Gasteiger partial charge in [0.2, 0.25) is 0 Å². The molecule has 8 aromatic carbocycles. The molecule has 24 nitrogen and oxygen atoms in total. The molecule has 5 heterocycles. The Labute approximate surface area is 709 Å². The molecule has 0 aliphatic carbocycles. The van der Waals surface area contributed by atoms with Gasteiger partial charge in [-0.05, 0) is 153 Å². The number of aryl methyl sites for hydroxylation is 2. The van der Waals surface area contributed by atoms with Crippen LogP contribution in [0.25, 0.3) is 49.8 Å². The first-order chi connectivity index (χ1) is 57.3. The molecule has 0 unspecified atom stereocenters. The molecule has 24 heteroatoms. The van der Waals surface area contributed by atoms with Crippen LogP contribution in [0.2, 0.25) is 0 Å². The smallest absolute Gasteiger partial charge is 0.277 e. The first-order valence-corrected chi connectivity index (χ1v) is 40.2. The summed E-state index contributed by atoms with van der Waals surface area (Å²) in [5.74, 6) is -2.86. The van der Waals surface area contributed by atoms with Gasteiger partial charge in [-0.1, -0.05) is 226 Å². The number of carbonyl (C=O) groups excluding carboxylic acids is 11. The molecule has 1 saturated heterocycles. The lowest BCUT2D eigenvalue weighted by atomic mass is 9.91. The number of nitro benzene ring substituents is 2. The van der Waals surface area contributed by atoms with Crippen LogP contribution in [-0.2, 0) is 9.59 Å². The van der Waals surface area contributed by atoms with Gasteiger partial charge in [0.15, 0.2) is 5.70 Å². The van der Waals surface area contributed by atoms with Crippen LogP contribution in [-0.4, -0.2) is 147 Å². The SMILES string of the molecule is C/C=C(\C)c1ccc([N+](=O)[O-])cc1.C/C=C/c1ccc2c(c1)C(=O)N(C)C2=O.C/C=C/c1ccc2c3c(cccc13)C(=O)N(C)C2=O.CC.CC.CC.CC.CC.CC.CC.CC.CC=C1C(=O)N(C)C(=O)N(C)C1=O.Cc1ccc2c(c1)C(=O)N(C)C2=O.Cc1ccc2c3c(cccc13)C(=O)N(C)C2=O.[C-]#[N+]/C(=C\C)c1ccc([N+](=O)[O-])cc1. The predicted molar refractivity (Wildman–Crippen MR) is 487 cm³/mol. The Morgan fingerprint density at radius 3 is 1.08 bits per heavy atom. The Morgan fingerprint density at radius 1 is 0.367 bits per heavy atom. The fraction of sp³-hybridized carbons (Fsp3) is 0.312. The highest BCUT2D eigenvalue weighted by Gasteiger charge is 2.38. The average molecular weight is 1640 g/mol.